The van der Waals surface area contributed by atoms with Crippen molar-refractivity contribution in [3.63, 3.8) is 0 Å². The summed E-state index contributed by atoms with van der Waals surface area (Å²) in [4.78, 5) is 42.0. The molecule has 4 aromatic carbocycles. The molecule has 3 aromatic heterocycles. The van der Waals surface area contributed by atoms with Gasteiger partial charge in [-0.1, -0.05) is 331 Å². The second-order valence-corrected chi connectivity index (χ2v) is 44.6. The van der Waals surface area contributed by atoms with Gasteiger partial charge in [0.2, 0.25) is 0 Å². The van der Waals surface area contributed by atoms with E-state index in [1.165, 1.54) is 246 Å². The van der Waals surface area contributed by atoms with Crippen molar-refractivity contribution in [3.05, 3.63) is 158 Å². The summed E-state index contributed by atoms with van der Waals surface area (Å²) in [6.45, 7) is 30.4. The highest BCUT2D eigenvalue weighted by molar-refractivity contribution is 7.23. The molecule has 0 unspecified atom stereocenters. The molecule has 0 saturated carbocycles. The van der Waals surface area contributed by atoms with Crippen molar-refractivity contribution in [1.82, 2.24) is 4.57 Å². The number of allylic oxidation sites excluding steroid dienone is 6. The van der Waals surface area contributed by atoms with Crippen molar-refractivity contribution < 1.29 is 9.59 Å². The monoisotopic (exact) mass is 1620 g/mol. The van der Waals surface area contributed by atoms with Gasteiger partial charge in [-0.2, -0.15) is 0 Å². The average molecular weight is 1620 g/mol. The van der Waals surface area contributed by atoms with Crippen LogP contribution >= 0.6 is 69.1 Å². The van der Waals surface area contributed by atoms with E-state index in [2.05, 4.69) is 104 Å². The van der Waals surface area contributed by atoms with Crippen molar-refractivity contribution in [2.24, 2.45) is 0 Å². The van der Waals surface area contributed by atoms with Crippen molar-refractivity contribution in [2.75, 3.05) is 0 Å². The number of unbranched alkanes of at least 4 members (excludes halogenated alkanes) is 30. The number of fused-ring (bicyclic) bond motifs is 11. The zero-order chi connectivity index (χ0) is 77.9. The van der Waals surface area contributed by atoms with E-state index >= 15 is 0 Å². The summed E-state index contributed by atoms with van der Waals surface area (Å²) in [6, 6.07) is 31.6. The van der Waals surface area contributed by atoms with Gasteiger partial charge in [0, 0.05) is 80.8 Å². The lowest BCUT2D eigenvalue weighted by atomic mass is 9.99. The third-order valence-electron chi connectivity index (χ3n) is 24.8. The number of hydrogen-bond acceptors (Lipinski definition) is 6. The predicted octanol–water partition coefficient (Wildman–Crippen LogP) is 30.0. The molecular formula is C95H115Cl4N5O2S2Si2. The minimum Gasteiger partial charge on any atom is -0.337 e. The highest BCUT2D eigenvalue weighted by atomic mass is 35.5. The van der Waals surface area contributed by atoms with Crippen LogP contribution in [0.4, 0.5) is 0 Å². The third-order valence-corrected chi connectivity index (χ3v) is 39.4. The zero-order valence-electron chi connectivity index (χ0n) is 66.6. The number of hydrogen-bond donors (Lipinski definition) is 0. The highest BCUT2D eigenvalue weighted by Crippen LogP contribution is 2.51. The summed E-state index contributed by atoms with van der Waals surface area (Å²) >= 11 is 30.4. The summed E-state index contributed by atoms with van der Waals surface area (Å²) < 4.78 is 2.88. The number of carbonyl (C=O) groups is 2. The van der Waals surface area contributed by atoms with Crippen LogP contribution in [0.3, 0.4) is 0 Å². The number of thiophene rings is 2. The quantitative estimate of drug-likeness (QED) is 0.0125. The summed E-state index contributed by atoms with van der Waals surface area (Å²) in [7, 11) is -5.29. The fraction of sp³-hybridized carbons (Fsp3) is 0.516. The number of aromatic nitrogens is 1. The maximum absolute atomic E-state index is 15.0. The summed E-state index contributed by atoms with van der Waals surface area (Å²) in [5.41, 5.74) is 8.13. The van der Waals surface area contributed by atoms with Crippen LogP contribution in [-0.2, 0) is 0 Å². The number of nitriles is 2. The van der Waals surface area contributed by atoms with Crippen molar-refractivity contribution in [2.45, 2.75) is 316 Å². The van der Waals surface area contributed by atoms with Gasteiger partial charge >= 0.3 is 0 Å². The Morgan fingerprint density at radius 2 is 0.691 bits per heavy atom. The fourth-order valence-corrected chi connectivity index (χ4v) is 34.5. The first-order chi connectivity index (χ1) is 53.7. The van der Waals surface area contributed by atoms with E-state index in [0.29, 0.717) is 44.5 Å². The normalized spacial score (nSPS) is 15.9. The van der Waals surface area contributed by atoms with Gasteiger partial charge in [0.1, 0.15) is 16.1 Å². The van der Waals surface area contributed by atoms with Gasteiger partial charge in [0.15, 0.2) is 11.6 Å². The first-order valence-electron chi connectivity index (χ1n) is 42.7. The van der Waals surface area contributed by atoms with Crippen molar-refractivity contribution in [3.8, 4) is 33.0 Å². The standard InChI is InChI=1S/C95H115Cl4N5O2S2Si2/c1-9-15-21-27-33-39-45-65(46-40-34-28-22-16-10-2)104-84-59-74-86(109(47-41-35-29-23-17-11-3,48-42-36-30-24-18-12-4)88-53-66(107-94(74)88)51-76-90(82(63-100)102-7)70-55-78(96)80(98)57-72(70)92(76)105)61-68(84)69-62-87-75(60-85(69)104)95-89(110(87,49-43-37-31-25-19-13-5)50-44-38-32-26-20-14-6)54-67(108-95)52-77-91(83(64-101)103-8)71-56-79(97)81(99)58-73(71)93(77)106/h51-62,65H,9-50H2,1-6H3/b76-51-,77-52-,90-82+,91-83?. The molecule has 0 saturated heterocycles. The van der Waals surface area contributed by atoms with Crippen LogP contribution < -0.4 is 20.7 Å². The first-order valence-corrected chi connectivity index (χ1v) is 50.7. The van der Waals surface area contributed by atoms with Crippen LogP contribution in [0.1, 0.15) is 333 Å². The molecule has 110 heavy (non-hydrogen) atoms. The van der Waals surface area contributed by atoms with Gasteiger partial charge in [0.05, 0.1) is 45.4 Å². The van der Waals surface area contributed by atoms with E-state index in [0.717, 1.165) is 85.3 Å². The molecule has 15 heteroatoms. The number of ketones is 2. The molecule has 7 aromatic rings. The zero-order valence-corrected chi connectivity index (χ0v) is 73.2. The Balaban J connectivity index is 1.20. The fourth-order valence-electron chi connectivity index (χ4n) is 19.0. The van der Waals surface area contributed by atoms with Crippen LogP contribution in [-0.4, -0.2) is 32.3 Å². The number of halogens is 4. The summed E-state index contributed by atoms with van der Waals surface area (Å²) in [5, 5.41) is 31.2. The van der Waals surface area contributed by atoms with Gasteiger partial charge in [-0.25, -0.2) is 20.2 Å². The Hall–Kier alpha value is -6.07. The molecule has 11 rings (SSSR count). The number of nitrogens with zero attached hydrogens (tertiary/aromatic N) is 5. The lowest BCUT2D eigenvalue weighted by Crippen LogP contribution is -2.55. The number of rotatable bonds is 45. The van der Waals surface area contributed by atoms with E-state index < -0.39 is 16.1 Å². The van der Waals surface area contributed by atoms with Crippen LogP contribution in [0, 0.1) is 35.8 Å². The molecule has 0 amide bonds. The molecule has 4 aliphatic rings. The van der Waals surface area contributed by atoms with E-state index in [4.69, 9.17) is 59.5 Å². The van der Waals surface area contributed by atoms with Gasteiger partial charge in [-0.15, -0.1) is 22.7 Å². The number of carbonyl (C=O) groups excluding carboxylic acids is 2. The molecule has 0 atom stereocenters. The van der Waals surface area contributed by atoms with Crippen LogP contribution in [0.2, 0.25) is 44.3 Å². The van der Waals surface area contributed by atoms with Gasteiger partial charge in [0.25, 0.3) is 11.4 Å². The van der Waals surface area contributed by atoms with Crippen LogP contribution in [0.15, 0.2) is 83.2 Å². The molecule has 2 aliphatic heterocycles. The largest absolute Gasteiger partial charge is 0.337 e. The molecule has 2 aliphatic carbocycles. The minimum atomic E-state index is -2.64. The third kappa shape index (κ3) is 18.3. The maximum atomic E-state index is 15.0. The van der Waals surface area contributed by atoms with E-state index in [1.54, 1.807) is 57.3 Å². The van der Waals surface area contributed by atoms with E-state index in [-0.39, 0.29) is 49.1 Å². The molecule has 0 N–H and O–H groups in total. The van der Waals surface area contributed by atoms with Gasteiger partial charge < -0.3 is 4.57 Å². The summed E-state index contributed by atoms with van der Waals surface area (Å²) in [6.07, 6.45) is 50.1. The second kappa shape index (κ2) is 40.8. The molecule has 0 spiro atoms. The molecule has 0 bridgehead atoms. The maximum Gasteiger partial charge on any atom is 0.270 e. The molecule has 5 heterocycles. The smallest absolute Gasteiger partial charge is 0.270 e. The number of benzene rings is 4. The van der Waals surface area contributed by atoms with Gasteiger partial charge in [-0.3, -0.25) is 9.59 Å². The Morgan fingerprint density at radius 1 is 0.400 bits per heavy atom. The SMILES string of the molecule is [C-]#[N+]C(C#N)=C1/C(=C/c2cc3c(s2)-c2cc4c(cc2[Si]3(CCCCCCCC)CCCCCCCC)c2cc3c(cc2n4C(CCCCCCCC)CCCCCCCC)-c2sc(/C=C4\C(=O)c5cc(Cl)c(Cl)cc5\C4=C(\C#N)[N+]#[C-])cc2[Si]3(CCCCCCCC)CCCCCCCC)C(=O)c2cc(Cl)c(Cl)cc21. The Bertz CT molecular complexity index is 4440. The Morgan fingerprint density at radius 3 is 0.991 bits per heavy atom. The molecule has 0 radical (unpaired) electrons. The van der Waals surface area contributed by atoms with E-state index in [9.17, 15) is 20.1 Å². The highest BCUT2D eigenvalue weighted by Gasteiger charge is 2.49. The first kappa shape index (κ1) is 84.8. The van der Waals surface area contributed by atoms with E-state index in [1.807, 2.05) is 12.2 Å². The van der Waals surface area contributed by atoms with Crippen LogP contribution in [0.25, 0.3) is 75.7 Å². The second-order valence-electron chi connectivity index (χ2n) is 32.3. The lowest BCUT2D eigenvalue weighted by Gasteiger charge is -2.30. The average Bonchev–Trinajstić information content (AvgIpc) is 1.52. The lowest BCUT2D eigenvalue weighted by molar-refractivity contribution is 0.103. The topological polar surface area (TPSA) is 95.4 Å². The van der Waals surface area contributed by atoms with Crippen LogP contribution in [0.5, 0.6) is 0 Å². The molecule has 580 valence electrons. The Labute approximate surface area is 688 Å². The predicted molar refractivity (Wildman–Crippen MR) is 480 cm³/mol. The van der Waals surface area contributed by atoms with Crippen molar-refractivity contribution >= 4 is 163 Å². The molecular weight excluding hydrogens is 1510 g/mol. The van der Waals surface area contributed by atoms with Crippen molar-refractivity contribution in [1.29, 1.82) is 10.5 Å². The number of Topliss-reactive ketones (excluding diaryl/α,β-unsaturated/α-hetero) is 2. The molecule has 7 nitrogen and oxygen atoms in total. The Kier molecular flexibility index (Phi) is 31.5. The van der Waals surface area contributed by atoms with Gasteiger partial charge in [-0.05, 0) is 141 Å². The molecule has 0 fully saturated rings. The summed E-state index contributed by atoms with van der Waals surface area (Å²) in [5.74, 6) is -0.502. The minimum absolute atomic E-state index is 0.135.